The van der Waals surface area contributed by atoms with Gasteiger partial charge in [0.05, 0.1) is 6.42 Å². The highest BCUT2D eigenvalue weighted by atomic mass is 16.6. The first kappa shape index (κ1) is 16.8. The Balaban J connectivity index is 2.51. The maximum atomic E-state index is 11.9. The molecule has 0 aromatic heterocycles. The number of hydrogen-bond acceptors (Lipinski definition) is 4. The van der Waals surface area contributed by atoms with E-state index in [1.807, 2.05) is 20.8 Å². The van der Waals surface area contributed by atoms with Crippen molar-refractivity contribution in [2.45, 2.75) is 58.1 Å². The Hall–Kier alpha value is -1.30. The van der Waals surface area contributed by atoms with E-state index in [-0.39, 0.29) is 18.4 Å². The molecule has 1 rings (SSSR count). The van der Waals surface area contributed by atoms with Gasteiger partial charge in [-0.15, -0.1) is 0 Å². The van der Waals surface area contributed by atoms with Gasteiger partial charge in [0.2, 0.25) is 0 Å². The van der Waals surface area contributed by atoms with E-state index in [9.17, 15) is 9.59 Å². The molecule has 20 heavy (non-hydrogen) atoms. The van der Waals surface area contributed by atoms with Crippen LogP contribution < -0.4 is 5.73 Å². The molecule has 0 saturated carbocycles. The summed E-state index contributed by atoms with van der Waals surface area (Å²) in [5.41, 5.74) is 4.87. The largest absolute Gasteiger partial charge is 0.481 e. The Labute approximate surface area is 120 Å². The molecule has 1 aliphatic heterocycles. The minimum Gasteiger partial charge on any atom is -0.481 e. The Kier molecular flexibility index (Phi) is 5.02. The van der Waals surface area contributed by atoms with E-state index in [1.165, 1.54) is 0 Å². The molecular formula is C14H26N2O4. The van der Waals surface area contributed by atoms with E-state index in [4.69, 9.17) is 15.6 Å². The summed E-state index contributed by atoms with van der Waals surface area (Å²) in [5, 5.41) is 8.88. The number of rotatable bonds is 3. The number of carboxylic acids is 1. The molecular weight excluding hydrogens is 260 g/mol. The lowest BCUT2D eigenvalue weighted by molar-refractivity contribution is -0.139. The van der Waals surface area contributed by atoms with Crippen LogP contribution in [0.3, 0.4) is 0 Å². The number of amides is 1. The van der Waals surface area contributed by atoms with Gasteiger partial charge in [-0.25, -0.2) is 4.79 Å². The quantitative estimate of drug-likeness (QED) is 0.825. The van der Waals surface area contributed by atoms with Gasteiger partial charge in [0.25, 0.3) is 0 Å². The second-order valence-corrected chi connectivity index (χ2v) is 6.82. The summed E-state index contributed by atoms with van der Waals surface area (Å²) in [6, 6.07) is 0. The molecule has 0 aromatic carbocycles. The van der Waals surface area contributed by atoms with Crippen LogP contribution in [0.1, 0.15) is 47.0 Å². The smallest absolute Gasteiger partial charge is 0.410 e. The average molecular weight is 286 g/mol. The van der Waals surface area contributed by atoms with Crippen LogP contribution in [0.25, 0.3) is 0 Å². The van der Waals surface area contributed by atoms with E-state index in [1.54, 1.807) is 11.8 Å². The topological polar surface area (TPSA) is 92.9 Å². The molecule has 6 nitrogen and oxygen atoms in total. The van der Waals surface area contributed by atoms with Gasteiger partial charge in [-0.2, -0.15) is 0 Å². The Morgan fingerprint density at radius 1 is 1.25 bits per heavy atom. The van der Waals surface area contributed by atoms with Crippen molar-refractivity contribution in [3.05, 3.63) is 0 Å². The minimum atomic E-state index is -0.885. The fourth-order valence-corrected chi connectivity index (χ4v) is 2.52. The van der Waals surface area contributed by atoms with Crippen LogP contribution >= 0.6 is 0 Å². The van der Waals surface area contributed by atoms with Crippen molar-refractivity contribution in [1.82, 2.24) is 4.90 Å². The lowest BCUT2D eigenvalue weighted by Crippen LogP contribution is -2.51. The Morgan fingerprint density at radius 3 is 2.15 bits per heavy atom. The third kappa shape index (κ3) is 5.00. The number of aliphatic carboxylic acids is 1. The monoisotopic (exact) mass is 286 g/mol. The summed E-state index contributed by atoms with van der Waals surface area (Å²) < 4.78 is 5.32. The summed E-state index contributed by atoms with van der Waals surface area (Å²) in [4.78, 5) is 24.4. The van der Waals surface area contributed by atoms with Crippen molar-refractivity contribution in [3.63, 3.8) is 0 Å². The summed E-state index contributed by atoms with van der Waals surface area (Å²) >= 11 is 0. The van der Waals surface area contributed by atoms with Crippen LogP contribution in [-0.4, -0.2) is 46.3 Å². The van der Waals surface area contributed by atoms with Crippen LogP contribution in [0.5, 0.6) is 0 Å². The molecule has 1 atom stereocenters. The summed E-state index contributed by atoms with van der Waals surface area (Å²) in [5.74, 6) is -0.776. The van der Waals surface area contributed by atoms with E-state index in [0.717, 1.165) is 0 Å². The molecule has 1 amide bonds. The van der Waals surface area contributed by atoms with Crippen molar-refractivity contribution in [2.75, 3.05) is 13.1 Å². The van der Waals surface area contributed by atoms with Gasteiger partial charge >= 0.3 is 12.1 Å². The van der Waals surface area contributed by atoms with Gasteiger partial charge in [-0.05, 0) is 46.5 Å². The van der Waals surface area contributed by atoms with Gasteiger partial charge in [0.1, 0.15) is 5.60 Å². The molecule has 1 fully saturated rings. The van der Waals surface area contributed by atoms with Crippen LogP contribution in [0, 0.1) is 5.92 Å². The number of hydrogen-bond donors (Lipinski definition) is 2. The molecule has 3 N–H and O–H groups in total. The van der Waals surface area contributed by atoms with Gasteiger partial charge in [-0.1, -0.05) is 0 Å². The molecule has 1 aliphatic rings. The first-order valence-electron chi connectivity index (χ1n) is 7.00. The highest BCUT2D eigenvalue weighted by Gasteiger charge is 2.36. The molecule has 0 aliphatic carbocycles. The zero-order valence-corrected chi connectivity index (χ0v) is 12.8. The third-order valence-corrected chi connectivity index (χ3v) is 3.61. The number of ether oxygens (including phenoxy) is 1. The highest BCUT2D eigenvalue weighted by Crippen LogP contribution is 2.29. The van der Waals surface area contributed by atoms with E-state index in [0.29, 0.717) is 25.9 Å². The Bertz CT molecular complexity index is 366. The van der Waals surface area contributed by atoms with Crippen LogP contribution in [0.4, 0.5) is 4.79 Å². The number of piperidine rings is 1. The number of nitrogens with zero attached hydrogens (tertiary/aromatic N) is 1. The highest BCUT2D eigenvalue weighted by molar-refractivity contribution is 5.69. The summed E-state index contributed by atoms with van der Waals surface area (Å²) in [6.07, 6.45) is 1.05. The molecule has 0 spiro atoms. The van der Waals surface area contributed by atoms with Gasteiger partial charge in [-0.3, -0.25) is 4.79 Å². The number of carbonyl (C=O) groups is 2. The van der Waals surface area contributed by atoms with E-state index < -0.39 is 17.1 Å². The van der Waals surface area contributed by atoms with Crippen molar-refractivity contribution < 1.29 is 19.4 Å². The molecule has 1 saturated heterocycles. The van der Waals surface area contributed by atoms with Crippen molar-refractivity contribution in [2.24, 2.45) is 11.7 Å². The zero-order chi connectivity index (χ0) is 15.6. The third-order valence-electron chi connectivity index (χ3n) is 3.61. The fraction of sp³-hybridized carbons (Fsp3) is 0.857. The first-order chi connectivity index (χ1) is 9.01. The maximum absolute atomic E-state index is 11.9. The fourth-order valence-electron chi connectivity index (χ4n) is 2.52. The maximum Gasteiger partial charge on any atom is 0.410 e. The van der Waals surface area contributed by atoms with E-state index in [2.05, 4.69) is 0 Å². The number of carboxylic acid groups (broad SMARTS) is 1. The van der Waals surface area contributed by atoms with Gasteiger partial charge < -0.3 is 20.5 Å². The van der Waals surface area contributed by atoms with Crippen LogP contribution in [-0.2, 0) is 9.53 Å². The number of likely N-dealkylation sites (tertiary alicyclic amines) is 1. The second kappa shape index (κ2) is 5.99. The van der Waals surface area contributed by atoms with Crippen molar-refractivity contribution in [1.29, 1.82) is 0 Å². The minimum absolute atomic E-state index is 0.0515. The summed E-state index contributed by atoms with van der Waals surface area (Å²) in [6.45, 7) is 8.40. The molecule has 0 aromatic rings. The van der Waals surface area contributed by atoms with Crippen LogP contribution in [0.2, 0.25) is 0 Å². The molecule has 0 radical (unpaired) electrons. The van der Waals surface area contributed by atoms with Crippen LogP contribution in [0.15, 0.2) is 0 Å². The lowest BCUT2D eigenvalue weighted by atomic mass is 9.78. The molecule has 1 unspecified atom stereocenters. The first-order valence-corrected chi connectivity index (χ1v) is 7.00. The molecule has 1 heterocycles. The normalized spacial score (nSPS) is 20.4. The molecule has 116 valence electrons. The molecule has 6 heteroatoms. The van der Waals surface area contributed by atoms with Crippen molar-refractivity contribution >= 4 is 12.1 Å². The summed E-state index contributed by atoms with van der Waals surface area (Å²) in [7, 11) is 0. The number of carbonyl (C=O) groups excluding carboxylic acids is 1. The second-order valence-electron chi connectivity index (χ2n) is 6.82. The number of nitrogens with two attached hydrogens (primary N) is 1. The van der Waals surface area contributed by atoms with E-state index >= 15 is 0 Å². The van der Waals surface area contributed by atoms with Gasteiger partial charge in [0, 0.05) is 18.6 Å². The Morgan fingerprint density at radius 2 is 1.75 bits per heavy atom. The zero-order valence-electron chi connectivity index (χ0n) is 12.8. The van der Waals surface area contributed by atoms with Crippen molar-refractivity contribution in [3.8, 4) is 0 Å². The van der Waals surface area contributed by atoms with Gasteiger partial charge in [0.15, 0.2) is 0 Å². The SMILES string of the molecule is CC(C)(C)OC(=O)N1CCC(C(C)(N)CC(=O)O)CC1. The lowest BCUT2D eigenvalue weighted by Gasteiger charge is -2.40. The standard InChI is InChI=1S/C14H26N2O4/c1-13(2,3)20-12(19)16-7-5-10(6-8-16)14(4,15)9-11(17)18/h10H,5-9,15H2,1-4H3,(H,17,18). The molecule has 0 bridgehead atoms. The predicted molar refractivity (Wildman–Crippen MR) is 75.4 cm³/mol. The average Bonchev–Trinajstić information content (AvgIpc) is 2.25. The predicted octanol–water partition coefficient (Wildman–Crippen LogP) is 1.83.